The molecule has 6 heteroatoms. The Labute approximate surface area is 154 Å². The molecule has 2 aliphatic rings. The molecule has 0 aromatic heterocycles. The zero-order valence-corrected chi connectivity index (χ0v) is 16.0. The van der Waals surface area contributed by atoms with Crippen LogP contribution in [0.2, 0.25) is 0 Å². The van der Waals surface area contributed by atoms with Gasteiger partial charge in [0.2, 0.25) is 0 Å². The summed E-state index contributed by atoms with van der Waals surface area (Å²) in [6, 6.07) is 8.67. The summed E-state index contributed by atoms with van der Waals surface area (Å²) >= 11 is 0. The van der Waals surface area contributed by atoms with Crippen molar-refractivity contribution >= 4 is 12.0 Å². The number of carbonyl (C=O) groups excluding carboxylic acids is 2. The van der Waals surface area contributed by atoms with Gasteiger partial charge in [-0.15, -0.1) is 0 Å². The molecule has 0 spiro atoms. The third-order valence-electron chi connectivity index (χ3n) is 5.06. The molecule has 2 amide bonds. The third-order valence-corrected chi connectivity index (χ3v) is 5.06. The highest BCUT2D eigenvalue weighted by molar-refractivity contribution is 5.89. The highest BCUT2D eigenvalue weighted by Crippen LogP contribution is 2.42. The van der Waals surface area contributed by atoms with Crippen LogP contribution < -0.4 is 0 Å². The number of hydrogen-bond donors (Lipinski definition) is 1. The molecule has 1 N–H and O–H groups in total. The normalized spacial score (nSPS) is 28.7. The molecular weight excluding hydrogens is 332 g/mol. The highest BCUT2D eigenvalue weighted by Gasteiger charge is 2.59. The molecule has 1 aromatic rings. The summed E-state index contributed by atoms with van der Waals surface area (Å²) in [6.07, 6.45) is -1.47. The maximum atomic E-state index is 12.9. The lowest BCUT2D eigenvalue weighted by Crippen LogP contribution is -2.77. The highest BCUT2D eigenvalue weighted by atomic mass is 16.6. The number of nitrogens with zero attached hydrogens (tertiary/aromatic N) is 2. The number of ether oxygens (including phenoxy) is 1. The molecule has 2 heterocycles. The number of β-lactam (4-membered cyclic amide) rings is 1. The molecule has 0 aliphatic carbocycles. The zero-order chi connectivity index (χ0) is 19.2. The smallest absolute Gasteiger partial charge is 0.410 e. The minimum atomic E-state index is -1.07. The van der Waals surface area contributed by atoms with Crippen LogP contribution in [0.4, 0.5) is 4.79 Å². The van der Waals surface area contributed by atoms with Gasteiger partial charge in [-0.2, -0.15) is 0 Å². The van der Waals surface area contributed by atoms with Crippen molar-refractivity contribution in [2.24, 2.45) is 5.92 Å². The quantitative estimate of drug-likeness (QED) is 0.823. The second kappa shape index (κ2) is 6.58. The topological polar surface area (TPSA) is 70.1 Å². The van der Waals surface area contributed by atoms with Crippen LogP contribution in [0, 0.1) is 5.92 Å². The van der Waals surface area contributed by atoms with Crippen LogP contribution in [0.5, 0.6) is 0 Å². The molecule has 0 unspecified atom stereocenters. The summed E-state index contributed by atoms with van der Waals surface area (Å²) in [4.78, 5) is 28.7. The molecule has 6 nitrogen and oxygen atoms in total. The van der Waals surface area contributed by atoms with Gasteiger partial charge in [-0.25, -0.2) is 4.79 Å². The minimum Gasteiger partial charge on any atom is -0.444 e. The van der Waals surface area contributed by atoms with E-state index < -0.39 is 23.8 Å². The summed E-state index contributed by atoms with van der Waals surface area (Å²) in [5.41, 5.74) is 0.347. The van der Waals surface area contributed by atoms with E-state index in [-0.39, 0.29) is 23.9 Å². The lowest BCUT2D eigenvalue weighted by Gasteiger charge is -2.59. The number of aliphatic hydroxyl groups excluding tert-OH is 1. The van der Waals surface area contributed by atoms with Crippen molar-refractivity contribution in [3.05, 3.63) is 35.9 Å². The van der Waals surface area contributed by atoms with Crippen LogP contribution >= 0.6 is 0 Å². The molecule has 0 radical (unpaired) electrons. The average Bonchev–Trinajstić information content (AvgIpc) is 2.58. The summed E-state index contributed by atoms with van der Waals surface area (Å²) in [6.45, 7) is 9.86. The first-order chi connectivity index (χ1) is 12.1. The van der Waals surface area contributed by atoms with Crippen LogP contribution in [0.15, 0.2) is 30.3 Å². The number of carbonyl (C=O) groups is 2. The van der Waals surface area contributed by atoms with Gasteiger partial charge in [0.05, 0.1) is 18.1 Å². The van der Waals surface area contributed by atoms with Gasteiger partial charge in [0, 0.05) is 6.54 Å². The van der Waals surface area contributed by atoms with Gasteiger partial charge in [-0.3, -0.25) is 4.79 Å². The minimum absolute atomic E-state index is 0.0782. The molecule has 26 heavy (non-hydrogen) atoms. The van der Waals surface area contributed by atoms with E-state index in [0.717, 1.165) is 5.56 Å². The second-order valence-electron chi connectivity index (χ2n) is 8.47. The van der Waals surface area contributed by atoms with E-state index in [9.17, 15) is 14.7 Å². The Hall–Kier alpha value is -2.08. The lowest BCUT2D eigenvalue weighted by atomic mass is 9.78. The second-order valence-corrected chi connectivity index (χ2v) is 8.47. The van der Waals surface area contributed by atoms with Gasteiger partial charge in [0.15, 0.2) is 6.10 Å². The zero-order valence-electron chi connectivity index (χ0n) is 16.0. The number of rotatable bonds is 2. The van der Waals surface area contributed by atoms with Crippen molar-refractivity contribution in [3.63, 3.8) is 0 Å². The van der Waals surface area contributed by atoms with E-state index in [1.807, 2.05) is 65.0 Å². The average molecular weight is 360 g/mol. The maximum Gasteiger partial charge on any atom is 0.410 e. The number of aliphatic hydroxyl groups is 1. The number of piperazine rings is 1. The number of hydrogen-bond acceptors (Lipinski definition) is 4. The molecule has 2 saturated heterocycles. The molecule has 2 aliphatic heterocycles. The first-order valence-electron chi connectivity index (χ1n) is 9.16. The van der Waals surface area contributed by atoms with Crippen LogP contribution in [-0.4, -0.2) is 57.2 Å². The number of benzene rings is 1. The monoisotopic (exact) mass is 360 g/mol. The van der Waals surface area contributed by atoms with Gasteiger partial charge < -0.3 is 19.6 Å². The van der Waals surface area contributed by atoms with Crippen molar-refractivity contribution in [1.82, 2.24) is 9.80 Å². The largest absolute Gasteiger partial charge is 0.444 e. The van der Waals surface area contributed by atoms with E-state index in [2.05, 4.69) is 0 Å². The van der Waals surface area contributed by atoms with E-state index in [4.69, 9.17) is 4.74 Å². The van der Waals surface area contributed by atoms with Gasteiger partial charge in [-0.1, -0.05) is 44.2 Å². The fourth-order valence-corrected chi connectivity index (χ4v) is 4.02. The summed E-state index contributed by atoms with van der Waals surface area (Å²) in [7, 11) is 0. The predicted octanol–water partition coefficient (Wildman–Crippen LogP) is 2.57. The lowest BCUT2D eigenvalue weighted by molar-refractivity contribution is -0.192. The Morgan fingerprint density at radius 2 is 1.85 bits per heavy atom. The van der Waals surface area contributed by atoms with E-state index in [1.54, 1.807) is 9.80 Å². The molecule has 1 aromatic carbocycles. The Morgan fingerprint density at radius 1 is 1.23 bits per heavy atom. The third kappa shape index (κ3) is 3.18. The van der Waals surface area contributed by atoms with Crippen molar-refractivity contribution in [1.29, 1.82) is 0 Å². The standard InChI is InChI=1S/C20H28N2O4/c1-12(2)15-16-17(23)18(24)22(16)14(13-9-7-6-8-10-13)11-21(15)19(25)26-20(3,4)5/h6-10,12,14-17,23H,11H2,1-5H3/t14-,15+,16-,17+/m1/s1. The van der Waals surface area contributed by atoms with Crippen molar-refractivity contribution in [3.8, 4) is 0 Å². The molecule has 4 atom stereocenters. The molecule has 0 saturated carbocycles. The van der Waals surface area contributed by atoms with Gasteiger partial charge in [-0.05, 0) is 32.3 Å². The molecule has 0 bridgehead atoms. The maximum absolute atomic E-state index is 12.9. The number of fused-ring (bicyclic) bond motifs is 1. The van der Waals surface area contributed by atoms with E-state index in [0.29, 0.717) is 6.54 Å². The Morgan fingerprint density at radius 3 is 2.38 bits per heavy atom. The Balaban J connectivity index is 1.97. The SMILES string of the molecule is CC(C)[C@H]1[C@@H]2[C@H](O)C(=O)N2[C@@H](c2ccccc2)CN1C(=O)OC(C)(C)C. The van der Waals surface area contributed by atoms with Gasteiger partial charge in [0.1, 0.15) is 5.60 Å². The fourth-order valence-electron chi connectivity index (χ4n) is 4.02. The van der Waals surface area contributed by atoms with Crippen molar-refractivity contribution in [2.75, 3.05) is 6.54 Å². The molecule has 2 fully saturated rings. The first-order valence-corrected chi connectivity index (χ1v) is 9.16. The van der Waals surface area contributed by atoms with Crippen LogP contribution in [0.1, 0.15) is 46.2 Å². The van der Waals surface area contributed by atoms with E-state index >= 15 is 0 Å². The fraction of sp³-hybridized carbons (Fsp3) is 0.600. The Kier molecular flexibility index (Phi) is 4.73. The van der Waals surface area contributed by atoms with Crippen molar-refractivity contribution in [2.45, 2.75) is 64.4 Å². The van der Waals surface area contributed by atoms with Gasteiger partial charge in [0.25, 0.3) is 5.91 Å². The Bertz CT molecular complexity index is 683. The number of amides is 2. The summed E-state index contributed by atoms with van der Waals surface area (Å²) < 4.78 is 5.61. The summed E-state index contributed by atoms with van der Waals surface area (Å²) in [5, 5.41) is 10.4. The summed E-state index contributed by atoms with van der Waals surface area (Å²) in [5.74, 6) is -0.187. The first kappa shape index (κ1) is 18.7. The van der Waals surface area contributed by atoms with E-state index in [1.165, 1.54) is 0 Å². The predicted molar refractivity (Wildman–Crippen MR) is 97.4 cm³/mol. The molecule has 3 rings (SSSR count). The van der Waals surface area contributed by atoms with Gasteiger partial charge >= 0.3 is 6.09 Å². The van der Waals surface area contributed by atoms with Crippen molar-refractivity contribution < 1.29 is 19.4 Å². The van der Waals surface area contributed by atoms with Crippen LogP contribution in [0.3, 0.4) is 0 Å². The van der Waals surface area contributed by atoms with Crippen LogP contribution in [-0.2, 0) is 9.53 Å². The molecule has 142 valence electrons. The molecular formula is C20H28N2O4. The van der Waals surface area contributed by atoms with Crippen LogP contribution in [0.25, 0.3) is 0 Å².